The molecule has 0 radical (unpaired) electrons. The van der Waals surface area contributed by atoms with Gasteiger partial charge in [-0.1, -0.05) is 47.6 Å². The van der Waals surface area contributed by atoms with E-state index in [1.165, 1.54) is 27.8 Å². The van der Waals surface area contributed by atoms with Crippen LogP contribution in [-0.4, -0.2) is 0 Å². The molecule has 96 valence electrons. The van der Waals surface area contributed by atoms with Gasteiger partial charge < -0.3 is 0 Å². The highest BCUT2D eigenvalue weighted by Gasteiger charge is 2.27. The highest BCUT2D eigenvalue weighted by Crippen LogP contribution is 2.38. The van der Waals surface area contributed by atoms with Gasteiger partial charge in [-0.25, -0.2) is 0 Å². The maximum atomic E-state index is 2.39. The van der Waals surface area contributed by atoms with Crippen molar-refractivity contribution in [1.29, 1.82) is 0 Å². The molecule has 0 saturated carbocycles. The minimum atomic E-state index is 0.213. The molecule has 0 aliphatic carbocycles. The summed E-state index contributed by atoms with van der Waals surface area (Å²) >= 11 is 0. The van der Waals surface area contributed by atoms with Crippen LogP contribution in [0.3, 0.4) is 0 Å². The van der Waals surface area contributed by atoms with E-state index in [1.807, 2.05) is 0 Å². The average Bonchev–Trinajstić information content (AvgIpc) is 2.09. The predicted octanol–water partition coefficient (Wildman–Crippen LogP) is 5.21. The molecule has 0 aromatic heterocycles. The molecule has 0 saturated heterocycles. The Balaban J connectivity index is 3.71. The van der Waals surface area contributed by atoms with Gasteiger partial charge >= 0.3 is 0 Å². The number of hydrogen-bond donors (Lipinski definition) is 0. The maximum Gasteiger partial charge on any atom is -0.0126 e. The molecule has 0 amide bonds. The van der Waals surface area contributed by atoms with Gasteiger partial charge in [0.05, 0.1) is 0 Å². The lowest BCUT2D eigenvalue weighted by atomic mass is 9.72. The largest absolute Gasteiger partial charge is 0.0561 e. The van der Waals surface area contributed by atoms with Crippen molar-refractivity contribution in [1.82, 2.24) is 0 Å². The zero-order chi connectivity index (χ0) is 13.6. The second-order valence-electron chi connectivity index (χ2n) is 7.37. The zero-order valence-corrected chi connectivity index (χ0v) is 13.1. The molecule has 1 aromatic rings. The van der Waals surface area contributed by atoms with Gasteiger partial charge in [-0.05, 0) is 59.4 Å². The summed E-state index contributed by atoms with van der Waals surface area (Å²) < 4.78 is 0. The molecule has 1 aromatic carbocycles. The number of rotatable bonds is 0. The monoisotopic (exact) mass is 232 g/mol. The molecule has 0 aliphatic rings. The molecule has 0 nitrogen and oxygen atoms in total. The Morgan fingerprint density at radius 1 is 0.706 bits per heavy atom. The van der Waals surface area contributed by atoms with E-state index in [9.17, 15) is 0 Å². The van der Waals surface area contributed by atoms with Crippen LogP contribution >= 0.6 is 0 Å². The van der Waals surface area contributed by atoms with Crippen molar-refractivity contribution in [2.24, 2.45) is 0 Å². The topological polar surface area (TPSA) is 0 Å². The van der Waals surface area contributed by atoms with Crippen molar-refractivity contribution in [3.05, 3.63) is 33.9 Å². The average molecular weight is 232 g/mol. The van der Waals surface area contributed by atoms with Gasteiger partial charge in [-0.3, -0.25) is 0 Å². The van der Waals surface area contributed by atoms with Crippen LogP contribution in [0, 0.1) is 20.8 Å². The SMILES string of the molecule is Cc1cc(C(C)(C)C)c(C(C)(C)C)c(C)c1C. The summed E-state index contributed by atoms with van der Waals surface area (Å²) in [4.78, 5) is 0. The third-order valence-corrected chi connectivity index (χ3v) is 3.72. The summed E-state index contributed by atoms with van der Waals surface area (Å²) in [5.74, 6) is 0. The first-order valence-electron chi connectivity index (χ1n) is 6.58. The van der Waals surface area contributed by atoms with E-state index < -0.39 is 0 Å². The molecule has 0 spiro atoms. The van der Waals surface area contributed by atoms with Gasteiger partial charge in [0.2, 0.25) is 0 Å². The Morgan fingerprint density at radius 3 is 1.53 bits per heavy atom. The molecule has 0 fully saturated rings. The lowest BCUT2D eigenvalue weighted by molar-refractivity contribution is 0.526. The fraction of sp³-hybridized carbons (Fsp3) is 0.647. The van der Waals surface area contributed by atoms with Crippen LogP contribution in [0.2, 0.25) is 0 Å². The van der Waals surface area contributed by atoms with Crippen molar-refractivity contribution >= 4 is 0 Å². The van der Waals surface area contributed by atoms with Crippen LogP contribution < -0.4 is 0 Å². The summed E-state index contributed by atoms with van der Waals surface area (Å²) in [5.41, 5.74) is 7.81. The molecular weight excluding hydrogens is 204 g/mol. The van der Waals surface area contributed by atoms with Gasteiger partial charge in [0.1, 0.15) is 0 Å². The van der Waals surface area contributed by atoms with Crippen molar-refractivity contribution in [3.63, 3.8) is 0 Å². The molecule has 0 aliphatic heterocycles. The van der Waals surface area contributed by atoms with Crippen LogP contribution in [-0.2, 0) is 10.8 Å². The first-order chi connectivity index (χ1) is 7.46. The maximum absolute atomic E-state index is 2.39. The molecular formula is C17H28. The summed E-state index contributed by atoms with van der Waals surface area (Å²) in [6.07, 6.45) is 0. The summed E-state index contributed by atoms with van der Waals surface area (Å²) in [7, 11) is 0. The third kappa shape index (κ3) is 2.73. The second kappa shape index (κ2) is 4.15. The molecule has 0 atom stereocenters. The lowest BCUT2D eigenvalue weighted by Crippen LogP contribution is -2.24. The molecule has 1 rings (SSSR count). The van der Waals surface area contributed by atoms with E-state index in [1.54, 1.807) is 0 Å². The fourth-order valence-corrected chi connectivity index (χ4v) is 2.64. The van der Waals surface area contributed by atoms with E-state index in [0.29, 0.717) is 0 Å². The zero-order valence-electron chi connectivity index (χ0n) is 13.1. The second-order valence-corrected chi connectivity index (χ2v) is 7.37. The highest BCUT2D eigenvalue weighted by atomic mass is 14.3. The minimum absolute atomic E-state index is 0.213. The molecule has 0 unspecified atom stereocenters. The van der Waals surface area contributed by atoms with Crippen molar-refractivity contribution in [2.75, 3.05) is 0 Å². The summed E-state index contributed by atoms with van der Waals surface area (Å²) in [5, 5.41) is 0. The van der Waals surface area contributed by atoms with Gasteiger partial charge in [-0.15, -0.1) is 0 Å². The van der Waals surface area contributed by atoms with Crippen LogP contribution in [0.15, 0.2) is 6.07 Å². The number of benzene rings is 1. The number of aryl methyl sites for hydroxylation is 1. The molecule has 0 bridgehead atoms. The van der Waals surface area contributed by atoms with Crippen molar-refractivity contribution < 1.29 is 0 Å². The van der Waals surface area contributed by atoms with E-state index in [-0.39, 0.29) is 10.8 Å². The van der Waals surface area contributed by atoms with Gasteiger partial charge in [0.25, 0.3) is 0 Å². The van der Waals surface area contributed by atoms with Crippen molar-refractivity contribution in [2.45, 2.75) is 73.1 Å². The van der Waals surface area contributed by atoms with E-state index >= 15 is 0 Å². The Kier molecular flexibility index (Phi) is 3.49. The normalized spacial score (nSPS) is 13.0. The minimum Gasteiger partial charge on any atom is -0.0561 e. The quantitative estimate of drug-likeness (QED) is 0.576. The molecule has 17 heavy (non-hydrogen) atoms. The van der Waals surface area contributed by atoms with Gasteiger partial charge in [-0.2, -0.15) is 0 Å². The Bertz CT molecular complexity index is 423. The Labute approximate surface area is 107 Å². The first kappa shape index (κ1) is 14.3. The van der Waals surface area contributed by atoms with E-state index in [4.69, 9.17) is 0 Å². The van der Waals surface area contributed by atoms with Crippen LogP contribution in [0.25, 0.3) is 0 Å². The van der Waals surface area contributed by atoms with Crippen LogP contribution in [0.5, 0.6) is 0 Å². The summed E-state index contributed by atoms with van der Waals surface area (Å²) in [6, 6.07) is 2.39. The third-order valence-electron chi connectivity index (χ3n) is 3.72. The molecule has 0 heteroatoms. The van der Waals surface area contributed by atoms with Crippen molar-refractivity contribution in [3.8, 4) is 0 Å². The Hall–Kier alpha value is -0.780. The lowest BCUT2D eigenvalue weighted by Gasteiger charge is -2.33. The van der Waals surface area contributed by atoms with E-state index in [2.05, 4.69) is 68.4 Å². The van der Waals surface area contributed by atoms with E-state index in [0.717, 1.165) is 0 Å². The Morgan fingerprint density at radius 2 is 1.18 bits per heavy atom. The standard InChI is InChI=1S/C17H28/c1-11-10-14(16(4,5)6)15(17(7,8)9)13(3)12(11)2/h10H,1-9H3. The summed E-state index contributed by atoms with van der Waals surface area (Å²) in [6.45, 7) is 20.6. The smallest absolute Gasteiger partial charge is 0.0126 e. The first-order valence-corrected chi connectivity index (χ1v) is 6.58. The predicted molar refractivity (Wildman–Crippen MR) is 78.1 cm³/mol. The van der Waals surface area contributed by atoms with Gasteiger partial charge in [0.15, 0.2) is 0 Å². The highest BCUT2D eigenvalue weighted by molar-refractivity contribution is 5.50. The molecule has 0 heterocycles. The number of hydrogen-bond acceptors (Lipinski definition) is 0. The van der Waals surface area contributed by atoms with Gasteiger partial charge in [0, 0.05) is 0 Å². The fourth-order valence-electron chi connectivity index (χ4n) is 2.64. The van der Waals surface area contributed by atoms with Crippen LogP contribution in [0.4, 0.5) is 0 Å². The van der Waals surface area contributed by atoms with Crippen LogP contribution in [0.1, 0.15) is 69.4 Å². The molecule has 0 N–H and O–H groups in total.